The third-order valence-corrected chi connectivity index (χ3v) is 9.84. The number of aliphatic hydroxyl groups excluding tert-OH is 1. The summed E-state index contributed by atoms with van der Waals surface area (Å²) in [5, 5.41) is 21.0. The van der Waals surface area contributed by atoms with E-state index in [1.807, 2.05) is 6.92 Å². The average Bonchev–Trinajstić information content (AvgIpc) is 3.10. The van der Waals surface area contributed by atoms with Crippen molar-refractivity contribution in [2.24, 2.45) is 52.2 Å². The Balaban J connectivity index is 1.76. The average molecular weight is 424 g/mol. The number of ketones is 1. The van der Waals surface area contributed by atoms with Gasteiger partial charge in [-0.3, -0.25) is 9.59 Å². The number of fused-ring (bicyclic) bond motifs is 5. The maximum Gasteiger partial charge on any atom is 0.303 e. The maximum absolute atomic E-state index is 12.9. The molecule has 4 nitrogen and oxygen atoms in total. The Morgan fingerprint density at radius 1 is 1.20 bits per heavy atom. The van der Waals surface area contributed by atoms with Gasteiger partial charge in [0, 0.05) is 26.0 Å². The SMILES string of the molecule is [2H]C1([2H])C[C@]2(C)C3CC[C@@]4(C)C(CC[C@@H]4[C@H](C)CCC(=O)O)C3C(O)C([2H])(CC)[C@@H]2C([2H])([2H])C1=O. The van der Waals surface area contributed by atoms with E-state index in [1.54, 1.807) is 6.92 Å². The maximum atomic E-state index is 12.9. The second kappa shape index (κ2) is 7.90. The smallest absolute Gasteiger partial charge is 0.303 e. The van der Waals surface area contributed by atoms with Gasteiger partial charge in [-0.25, -0.2) is 0 Å². The topological polar surface area (TPSA) is 74.6 Å². The van der Waals surface area contributed by atoms with Crippen LogP contribution in [0.2, 0.25) is 0 Å². The number of Topliss-reactive ketones (excluding diaryl/α,β-unsaturated/α-hetero) is 1. The van der Waals surface area contributed by atoms with Gasteiger partial charge in [-0.05, 0) is 90.8 Å². The summed E-state index contributed by atoms with van der Waals surface area (Å²) in [6, 6.07) is 0. The molecule has 4 aliphatic carbocycles. The van der Waals surface area contributed by atoms with Gasteiger partial charge in [0.25, 0.3) is 0 Å². The van der Waals surface area contributed by atoms with Gasteiger partial charge >= 0.3 is 5.97 Å². The molecule has 0 heterocycles. The molecule has 0 aromatic carbocycles. The summed E-state index contributed by atoms with van der Waals surface area (Å²) in [4.78, 5) is 24.1. The Kier molecular flexibility index (Phi) is 4.40. The van der Waals surface area contributed by atoms with Crippen LogP contribution in [0.4, 0.5) is 0 Å². The number of carbonyl (C=O) groups is 2. The molecule has 30 heavy (non-hydrogen) atoms. The van der Waals surface area contributed by atoms with Gasteiger partial charge in [0.05, 0.1) is 6.10 Å². The third kappa shape index (κ3) is 3.27. The van der Waals surface area contributed by atoms with E-state index >= 15 is 0 Å². The van der Waals surface area contributed by atoms with Crippen molar-refractivity contribution in [3.63, 3.8) is 0 Å². The van der Waals surface area contributed by atoms with Crippen molar-refractivity contribution >= 4 is 11.8 Å². The van der Waals surface area contributed by atoms with E-state index in [-0.39, 0.29) is 48.3 Å². The Morgan fingerprint density at radius 2 is 1.90 bits per heavy atom. The number of hydrogen-bond acceptors (Lipinski definition) is 3. The summed E-state index contributed by atoms with van der Waals surface area (Å²) in [5.41, 5.74) is -1.03. The highest BCUT2D eigenvalue weighted by molar-refractivity contribution is 5.79. The van der Waals surface area contributed by atoms with Crippen molar-refractivity contribution in [3.8, 4) is 0 Å². The first-order valence-electron chi connectivity index (χ1n) is 14.4. The van der Waals surface area contributed by atoms with Crippen LogP contribution in [-0.2, 0) is 9.59 Å². The fourth-order valence-corrected chi connectivity index (χ4v) is 8.34. The quantitative estimate of drug-likeness (QED) is 0.627. The largest absolute Gasteiger partial charge is 0.481 e. The molecule has 170 valence electrons. The Morgan fingerprint density at radius 3 is 2.57 bits per heavy atom. The summed E-state index contributed by atoms with van der Waals surface area (Å²) < 4.78 is 43.8. The third-order valence-electron chi connectivity index (χ3n) is 9.84. The number of carbonyl (C=O) groups excluding carboxylic acids is 1. The van der Waals surface area contributed by atoms with E-state index in [0.29, 0.717) is 18.8 Å². The minimum Gasteiger partial charge on any atom is -0.481 e. The number of aliphatic carboxylic acids is 1. The van der Waals surface area contributed by atoms with Crippen LogP contribution in [0.1, 0.15) is 98.7 Å². The molecule has 4 fully saturated rings. The van der Waals surface area contributed by atoms with Gasteiger partial charge in [-0.2, -0.15) is 0 Å². The molecule has 5 unspecified atom stereocenters. The van der Waals surface area contributed by atoms with E-state index in [2.05, 4.69) is 13.8 Å². The summed E-state index contributed by atoms with van der Waals surface area (Å²) in [6.45, 7) is 8.03. The van der Waals surface area contributed by atoms with Crippen molar-refractivity contribution in [1.82, 2.24) is 0 Å². The Labute approximate surface area is 189 Å². The molecule has 0 bridgehead atoms. The second-order valence-corrected chi connectivity index (χ2v) is 11.1. The normalized spacial score (nSPS) is 57.4. The van der Waals surface area contributed by atoms with Crippen molar-refractivity contribution in [2.75, 3.05) is 0 Å². The van der Waals surface area contributed by atoms with Crippen molar-refractivity contribution in [3.05, 3.63) is 0 Å². The summed E-state index contributed by atoms with van der Waals surface area (Å²) >= 11 is 0. The highest BCUT2D eigenvalue weighted by Gasteiger charge is 2.64. The van der Waals surface area contributed by atoms with Gasteiger partial charge in [0.15, 0.2) is 0 Å². The standard InChI is InChI=1S/C26H42O4/c1-5-17-21-14-16(27)10-12-26(21,4)20-11-13-25(3)18(15(2)6-9-22(28)29)7-8-19(25)23(20)24(17)30/h15,17-21,23-24,30H,5-14H2,1-4H3,(H,28,29)/t15-,17?,18-,19?,20?,21+,23?,24?,25-,26-/m1/s1/i10D2,14D2,17D. The fraction of sp³-hybridized carbons (Fsp3) is 0.923. The molecule has 0 aliphatic heterocycles. The first kappa shape index (κ1) is 16.7. The minimum atomic E-state index is -2.52. The van der Waals surface area contributed by atoms with E-state index < -0.39 is 47.8 Å². The molecule has 4 heteroatoms. The molecular weight excluding hydrogens is 376 g/mol. The molecule has 0 aromatic rings. The monoisotopic (exact) mass is 423 g/mol. The Hall–Kier alpha value is -0.900. The van der Waals surface area contributed by atoms with Crippen molar-refractivity contribution in [1.29, 1.82) is 0 Å². The zero-order valence-corrected chi connectivity index (χ0v) is 18.9. The predicted octanol–water partition coefficient (Wildman–Crippen LogP) is 5.32. The van der Waals surface area contributed by atoms with E-state index in [4.69, 9.17) is 5.48 Å². The lowest BCUT2D eigenvalue weighted by molar-refractivity contribution is -0.194. The van der Waals surface area contributed by atoms with Gasteiger partial charge < -0.3 is 10.2 Å². The molecule has 2 N–H and O–H groups in total. The number of carboxylic acid groups (broad SMARTS) is 1. The number of aliphatic hydroxyl groups is 1. The fourth-order valence-electron chi connectivity index (χ4n) is 8.34. The van der Waals surface area contributed by atoms with Crippen LogP contribution < -0.4 is 0 Å². The molecule has 0 amide bonds. The molecule has 0 saturated heterocycles. The van der Waals surface area contributed by atoms with Gasteiger partial charge in [-0.1, -0.05) is 34.1 Å². The molecule has 4 saturated carbocycles. The lowest BCUT2D eigenvalue weighted by Gasteiger charge is -2.64. The second-order valence-electron chi connectivity index (χ2n) is 11.1. The molecule has 10 atom stereocenters. The number of rotatable bonds is 5. The summed E-state index contributed by atoms with van der Waals surface area (Å²) in [5.74, 6) is -4.32. The van der Waals surface area contributed by atoms with Crippen LogP contribution in [-0.4, -0.2) is 28.1 Å². The highest BCUT2D eigenvalue weighted by Crippen LogP contribution is 2.69. The molecule has 4 rings (SSSR count). The molecule has 0 radical (unpaired) electrons. The zero-order chi connectivity index (χ0) is 26.4. The summed E-state index contributed by atoms with van der Waals surface area (Å²) in [7, 11) is 0. The number of hydrogen-bond donors (Lipinski definition) is 2. The van der Waals surface area contributed by atoms with E-state index in [9.17, 15) is 21.2 Å². The molecule has 0 aromatic heterocycles. The van der Waals surface area contributed by atoms with Gasteiger partial charge in [0.2, 0.25) is 0 Å². The molecular formula is C26H42O4. The van der Waals surface area contributed by atoms with Crippen molar-refractivity contribution < 1.29 is 26.7 Å². The van der Waals surface area contributed by atoms with Crippen LogP contribution in [0, 0.1) is 52.2 Å². The van der Waals surface area contributed by atoms with Crippen LogP contribution >= 0.6 is 0 Å². The van der Waals surface area contributed by atoms with Crippen LogP contribution in [0.5, 0.6) is 0 Å². The molecule has 0 spiro atoms. The van der Waals surface area contributed by atoms with Crippen LogP contribution in [0.15, 0.2) is 0 Å². The van der Waals surface area contributed by atoms with Gasteiger partial charge in [0.1, 0.15) is 5.78 Å². The summed E-state index contributed by atoms with van der Waals surface area (Å²) in [6.07, 6.45) is -1.74. The van der Waals surface area contributed by atoms with E-state index in [0.717, 1.165) is 19.3 Å². The highest BCUT2D eigenvalue weighted by atomic mass is 16.4. The Bertz CT molecular complexity index is 895. The first-order valence-corrected chi connectivity index (χ1v) is 11.9. The lowest BCUT2D eigenvalue weighted by Crippen LogP contribution is -2.61. The van der Waals surface area contributed by atoms with Crippen LogP contribution in [0.3, 0.4) is 0 Å². The first-order chi connectivity index (χ1) is 16.0. The molecule has 4 aliphatic rings. The number of carboxylic acids is 1. The van der Waals surface area contributed by atoms with Gasteiger partial charge in [-0.15, -0.1) is 0 Å². The lowest BCUT2D eigenvalue weighted by atomic mass is 9.41. The zero-order valence-electron chi connectivity index (χ0n) is 23.9. The predicted molar refractivity (Wildman–Crippen MR) is 117 cm³/mol. The van der Waals surface area contributed by atoms with E-state index in [1.165, 1.54) is 0 Å². The van der Waals surface area contributed by atoms with Crippen LogP contribution in [0.25, 0.3) is 0 Å². The van der Waals surface area contributed by atoms with Crippen molar-refractivity contribution in [2.45, 2.75) is 97.9 Å². The minimum absolute atomic E-state index is 0.108.